The van der Waals surface area contributed by atoms with Crippen LogP contribution in [0, 0.1) is 0 Å². The van der Waals surface area contributed by atoms with Gasteiger partial charge in [-0.2, -0.15) is 26.3 Å². The molecule has 0 fully saturated rings. The zero-order valence-corrected chi connectivity index (χ0v) is 25.4. The highest BCUT2D eigenvalue weighted by Crippen LogP contribution is 2.37. The predicted molar refractivity (Wildman–Crippen MR) is 179 cm³/mol. The normalized spacial score (nSPS) is 12.6. The fraction of sp³-hybridized carbons (Fsp3) is 0.0556. The van der Waals surface area contributed by atoms with Gasteiger partial charge in [-0.1, -0.05) is 60.7 Å². The van der Waals surface area contributed by atoms with E-state index in [1.807, 2.05) is 10.6 Å². The molecule has 5 heterocycles. The Hall–Kier alpha value is -6.44. The lowest BCUT2D eigenvalue weighted by Crippen LogP contribution is -2.30. The average molecular weight is 685 g/mol. The van der Waals surface area contributed by atoms with Crippen molar-refractivity contribution < 1.29 is 35.9 Å². The Morgan fingerprint density at radius 1 is 0.480 bits per heavy atom. The van der Waals surface area contributed by atoms with Crippen LogP contribution in [-0.4, -0.2) is 44.1 Å². The number of hydrogen-bond acceptors (Lipinski definition) is 4. The van der Waals surface area contributed by atoms with E-state index in [0.717, 1.165) is 0 Å². The Kier molecular flexibility index (Phi) is 7.85. The average Bonchev–Trinajstić information content (AvgIpc) is 3.91. The van der Waals surface area contributed by atoms with Gasteiger partial charge >= 0.3 is 24.2 Å². The Bertz CT molecular complexity index is 2220. The summed E-state index contributed by atoms with van der Waals surface area (Å²) in [6.07, 6.45) is -4.44. The zero-order chi connectivity index (χ0) is 35.2. The summed E-state index contributed by atoms with van der Waals surface area (Å²) in [5.74, 6) is -4.41. The van der Waals surface area contributed by atoms with Crippen LogP contribution in [0.3, 0.4) is 0 Å². The lowest BCUT2D eigenvalue weighted by molar-refractivity contribution is -0.167. The summed E-state index contributed by atoms with van der Waals surface area (Å²) in [6, 6.07) is 23.6. The molecule has 0 atom stereocenters. The molecule has 0 radical (unpaired) electrons. The summed E-state index contributed by atoms with van der Waals surface area (Å²) in [6.45, 7) is 0. The summed E-state index contributed by atoms with van der Waals surface area (Å²) in [5.41, 5.74) is 2.99. The van der Waals surface area contributed by atoms with Gasteiger partial charge in [-0.25, -0.2) is 9.97 Å². The number of alkyl halides is 6. The van der Waals surface area contributed by atoms with Gasteiger partial charge in [0.05, 0.1) is 45.2 Å². The SMILES string of the molecule is O=C(Nc1c2nc(c(-c3ccccc3)c3ccc([nH]3)c(NC(=O)C(F)(F)F)c3nc(c(-c4ccccc4)c4ccc1[nH]4)C=C3)C=C2)C(F)(F)F. The molecule has 4 N–H and O–H groups in total. The van der Waals surface area contributed by atoms with E-state index in [-0.39, 0.29) is 45.2 Å². The highest BCUT2D eigenvalue weighted by Gasteiger charge is 2.40. The van der Waals surface area contributed by atoms with Crippen molar-refractivity contribution in [3.8, 4) is 22.3 Å². The number of nitrogens with zero attached hydrogens (tertiary/aromatic N) is 2. The Labute approximate surface area is 278 Å². The second kappa shape index (κ2) is 12.2. The molecule has 2 aliphatic rings. The van der Waals surface area contributed by atoms with Crippen LogP contribution in [0.15, 0.2) is 84.9 Å². The van der Waals surface area contributed by atoms with Crippen molar-refractivity contribution in [3.05, 3.63) is 108 Å². The highest BCUT2D eigenvalue weighted by atomic mass is 19.4. The van der Waals surface area contributed by atoms with E-state index in [4.69, 9.17) is 0 Å². The van der Waals surface area contributed by atoms with Gasteiger partial charge in [0.25, 0.3) is 0 Å². The van der Waals surface area contributed by atoms with Gasteiger partial charge in [-0.3, -0.25) is 9.59 Å². The van der Waals surface area contributed by atoms with Crippen molar-refractivity contribution in [3.63, 3.8) is 0 Å². The molecule has 8 bridgehead atoms. The third-order valence-electron chi connectivity index (χ3n) is 7.87. The molecule has 0 spiro atoms. The van der Waals surface area contributed by atoms with Gasteiger partial charge in [0.15, 0.2) is 0 Å². The van der Waals surface area contributed by atoms with Gasteiger partial charge in [-0.05, 0) is 59.7 Å². The van der Waals surface area contributed by atoms with Crippen molar-refractivity contribution in [1.82, 2.24) is 19.9 Å². The predicted octanol–water partition coefficient (Wildman–Crippen LogP) is 8.99. The van der Waals surface area contributed by atoms with Crippen LogP contribution in [0.1, 0.15) is 22.8 Å². The molecule has 2 aliphatic heterocycles. The van der Waals surface area contributed by atoms with Crippen LogP contribution >= 0.6 is 0 Å². The van der Waals surface area contributed by atoms with Crippen LogP contribution in [0.25, 0.3) is 68.6 Å². The van der Waals surface area contributed by atoms with Crippen molar-refractivity contribution >= 4 is 69.6 Å². The number of fused-ring (bicyclic) bond motifs is 8. The number of carbonyl (C=O) groups is 2. The third-order valence-corrected chi connectivity index (χ3v) is 7.87. The van der Waals surface area contributed by atoms with Crippen LogP contribution in [-0.2, 0) is 9.59 Å². The van der Waals surface area contributed by atoms with Crippen molar-refractivity contribution in [2.75, 3.05) is 10.6 Å². The summed E-state index contributed by atoms with van der Waals surface area (Å²) < 4.78 is 81.4. The maximum atomic E-state index is 13.6. The second-order valence-corrected chi connectivity index (χ2v) is 11.1. The first-order chi connectivity index (χ1) is 23.9. The molecule has 0 saturated carbocycles. The number of amides is 2. The number of benzene rings is 2. The number of rotatable bonds is 4. The summed E-state index contributed by atoms with van der Waals surface area (Å²) >= 11 is 0. The molecule has 3 aromatic heterocycles. The number of aromatic amines is 2. The van der Waals surface area contributed by atoms with Crippen LogP contribution in [0.5, 0.6) is 0 Å². The Balaban J connectivity index is 1.64. The number of anilines is 2. The Morgan fingerprint density at radius 2 is 0.820 bits per heavy atom. The maximum Gasteiger partial charge on any atom is 0.471 e. The number of carbonyl (C=O) groups excluding carboxylic acids is 2. The number of aromatic nitrogens is 4. The highest BCUT2D eigenvalue weighted by molar-refractivity contribution is 6.05. The summed E-state index contributed by atoms with van der Waals surface area (Å²) in [7, 11) is 0. The van der Waals surface area contributed by atoms with Gasteiger partial charge in [0.2, 0.25) is 0 Å². The first kappa shape index (κ1) is 32.1. The molecule has 0 unspecified atom stereocenters. The molecular weight excluding hydrogens is 662 g/mol. The van der Waals surface area contributed by atoms with Crippen molar-refractivity contribution in [2.24, 2.45) is 0 Å². The lowest BCUT2D eigenvalue weighted by Gasteiger charge is -2.10. The molecule has 8 nitrogen and oxygen atoms in total. The molecule has 250 valence electrons. The minimum atomic E-state index is -5.21. The molecule has 2 amide bonds. The molecule has 50 heavy (non-hydrogen) atoms. The fourth-order valence-electron chi connectivity index (χ4n) is 5.65. The molecule has 7 rings (SSSR count). The van der Waals surface area contributed by atoms with Crippen LogP contribution < -0.4 is 10.6 Å². The van der Waals surface area contributed by atoms with Gasteiger partial charge in [-0.15, -0.1) is 0 Å². The molecular formula is C36H22F6N6O2. The summed E-state index contributed by atoms with van der Waals surface area (Å²) in [4.78, 5) is 40.0. The molecule has 0 saturated heterocycles. The quantitative estimate of drug-likeness (QED) is 0.139. The van der Waals surface area contributed by atoms with E-state index in [2.05, 4.69) is 19.9 Å². The largest absolute Gasteiger partial charge is 0.471 e. The molecule has 2 aromatic carbocycles. The summed E-state index contributed by atoms with van der Waals surface area (Å²) in [5, 5.41) is 3.96. The van der Waals surface area contributed by atoms with Crippen molar-refractivity contribution in [2.45, 2.75) is 12.4 Å². The Morgan fingerprint density at radius 3 is 1.18 bits per heavy atom. The standard InChI is InChI=1S/C36H22F6N6O2/c37-35(38,39)33(49)47-31-25-15-11-21(43-25)29(19-7-3-1-4-8-19)22-12-16-26(44-22)32(48-34(50)36(40,41)42)28-18-14-24(46-28)30(20-9-5-2-6-10-20)23-13-17-27(31)45-23/h1-18,43,46H,(H,47,49)(H,48,50). The number of nitrogens with one attached hydrogen (secondary N) is 4. The monoisotopic (exact) mass is 684 g/mol. The second-order valence-electron chi connectivity index (χ2n) is 11.1. The van der Waals surface area contributed by atoms with Gasteiger partial charge < -0.3 is 20.6 Å². The van der Waals surface area contributed by atoms with Crippen LogP contribution in [0.4, 0.5) is 37.7 Å². The first-order valence-corrected chi connectivity index (χ1v) is 14.9. The zero-order valence-electron chi connectivity index (χ0n) is 25.4. The molecule has 0 aliphatic carbocycles. The van der Waals surface area contributed by atoms with E-state index >= 15 is 0 Å². The fourth-order valence-corrected chi connectivity index (χ4v) is 5.65. The van der Waals surface area contributed by atoms with Crippen molar-refractivity contribution in [1.29, 1.82) is 0 Å². The molecule has 14 heteroatoms. The van der Waals surface area contributed by atoms with E-state index in [9.17, 15) is 35.9 Å². The van der Waals surface area contributed by atoms with Gasteiger partial charge in [0, 0.05) is 22.2 Å². The minimum absolute atomic E-state index is 0.00187. The van der Waals surface area contributed by atoms with E-state index in [1.165, 1.54) is 24.3 Å². The number of halogens is 6. The molecule has 5 aromatic rings. The first-order valence-electron chi connectivity index (χ1n) is 14.9. The van der Waals surface area contributed by atoms with E-state index in [0.29, 0.717) is 33.3 Å². The lowest BCUT2D eigenvalue weighted by atomic mass is 10.0. The van der Waals surface area contributed by atoms with Crippen LogP contribution in [0.2, 0.25) is 0 Å². The van der Waals surface area contributed by atoms with E-state index in [1.54, 1.807) is 84.9 Å². The third kappa shape index (κ3) is 6.14. The van der Waals surface area contributed by atoms with E-state index < -0.39 is 24.2 Å². The smallest absolute Gasteiger partial charge is 0.353 e. The topological polar surface area (TPSA) is 116 Å². The van der Waals surface area contributed by atoms with Gasteiger partial charge in [0.1, 0.15) is 0 Å². The number of H-pyrrole nitrogens is 2. The minimum Gasteiger partial charge on any atom is -0.353 e. The maximum absolute atomic E-state index is 13.6. The number of hydrogen-bond donors (Lipinski definition) is 4.